The number of amides is 1. The summed E-state index contributed by atoms with van der Waals surface area (Å²) in [5.41, 5.74) is -0.379. The van der Waals surface area contributed by atoms with Crippen molar-refractivity contribution >= 4 is 6.09 Å². The van der Waals surface area contributed by atoms with E-state index in [-0.39, 0.29) is 43.6 Å². The van der Waals surface area contributed by atoms with E-state index in [2.05, 4.69) is 5.10 Å². The first-order valence-electron chi connectivity index (χ1n) is 8.19. The molecular formula is C16H23F2N3O3. The fraction of sp³-hybridized carbons (Fsp3) is 0.750. The van der Waals surface area contributed by atoms with Gasteiger partial charge in [0.05, 0.1) is 17.8 Å². The monoisotopic (exact) mass is 343 g/mol. The molecule has 2 atom stereocenters. The Labute approximate surface area is 139 Å². The van der Waals surface area contributed by atoms with Crippen LogP contribution < -0.4 is 0 Å². The van der Waals surface area contributed by atoms with Crippen LogP contribution in [0.2, 0.25) is 0 Å². The van der Waals surface area contributed by atoms with E-state index in [1.54, 1.807) is 20.8 Å². The van der Waals surface area contributed by atoms with Crippen LogP contribution in [0.1, 0.15) is 50.6 Å². The molecule has 24 heavy (non-hydrogen) atoms. The van der Waals surface area contributed by atoms with Crippen molar-refractivity contribution in [1.29, 1.82) is 0 Å². The van der Waals surface area contributed by atoms with Gasteiger partial charge in [0, 0.05) is 36.9 Å². The minimum atomic E-state index is -3.08. The standard InChI is InChI=1S/C16H23F2N3O3/c1-9-6-12-11(8-20(9)14(22)23)13-16(17,18)5-4-10(15(2,3)24)7-21(13)19-12/h9-10,24H,4-8H2,1-3H3,(H,22,23)/t9-,10?/m1/s1. The average Bonchev–Trinajstić information content (AvgIpc) is 2.71. The van der Waals surface area contributed by atoms with Gasteiger partial charge in [-0.05, 0) is 27.2 Å². The summed E-state index contributed by atoms with van der Waals surface area (Å²) in [6.45, 7) is 5.14. The third-order valence-electron chi connectivity index (χ3n) is 5.27. The van der Waals surface area contributed by atoms with Crippen molar-refractivity contribution in [2.24, 2.45) is 5.92 Å². The number of hydrogen-bond donors (Lipinski definition) is 2. The molecule has 6 nitrogen and oxygen atoms in total. The maximum Gasteiger partial charge on any atom is 0.407 e. The number of aromatic nitrogens is 2. The zero-order valence-corrected chi connectivity index (χ0v) is 14.1. The van der Waals surface area contributed by atoms with Crippen molar-refractivity contribution in [2.75, 3.05) is 0 Å². The average molecular weight is 343 g/mol. The third-order valence-corrected chi connectivity index (χ3v) is 5.27. The van der Waals surface area contributed by atoms with Crippen LogP contribution in [0.4, 0.5) is 13.6 Å². The third kappa shape index (κ3) is 2.76. The SMILES string of the molecule is C[C@@H]1Cc2nn3c(c2CN1C(=O)O)C(F)(F)CCC(C(C)(C)O)C3. The summed E-state index contributed by atoms with van der Waals surface area (Å²) in [6, 6.07) is -0.298. The van der Waals surface area contributed by atoms with E-state index in [4.69, 9.17) is 0 Å². The molecule has 2 aliphatic rings. The van der Waals surface area contributed by atoms with E-state index in [1.807, 2.05) is 0 Å². The zero-order chi connectivity index (χ0) is 17.9. The summed E-state index contributed by atoms with van der Waals surface area (Å²) in [7, 11) is 0. The largest absolute Gasteiger partial charge is 0.465 e. The molecule has 0 saturated carbocycles. The number of halogens is 2. The van der Waals surface area contributed by atoms with Gasteiger partial charge >= 0.3 is 6.09 Å². The van der Waals surface area contributed by atoms with Crippen molar-refractivity contribution in [2.45, 2.75) is 70.7 Å². The highest BCUT2D eigenvalue weighted by Gasteiger charge is 2.46. The van der Waals surface area contributed by atoms with E-state index < -0.39 is 17.6 Å². The highest BCUT2D eigenvalue weighted by Crippen LogP contribution is 2.43. The molecular weight excluding hydrogens is 320 g/mol. The predicted octanol–water partition coefficient (Wildman–Crippen LogP) is 2.58. The lowest BCUT2D eigenvalue weighted by Gasteiger charge is -2.31. The van der Waals surface area contributed by atoms with Crippen molar-refractivity contribution in [1.82, 2.24) is 14.7 Å². The Morgan fingerprint density at radius 2 is 2.08 bits per heavy atom. The molecule has 1 amide bonds. The summed E-state index contributed by atoms with van der Waals surface area (Å²) in [5.74, 6) is -3.41. The molecule has 3 heterocycles. The topological polar surface area (TPSA) is 78.6 Å². The summed E-state index contributed by atoms with van der Waals surface area (Å²) in [5, 5.41) is 23.9. The fourth-order valence-corrected chi connectivity index (χ4v) is 3.74. The zero-order valence-electron chi connectivity index (χ0n) is 14.1. The Kier molecular flexibility index (Phi) is 3.86. The van der Waals surface area contributed by atoms with Crippen LogP contribution in [0, 0.1) is 5.92 Å². The highest BCUT2D eigenvalue weighted by atomic mass is 19.3. The number of nitrogens with zero attached hydrogens (tertiary/aromatic N) is 3. The van der Waals surface area contributed by atoms with E-state index >= 15 is 0 Å². The van der Waals surface area contributed by atoms with Gasteiger partial charge in [-0.1, -0.05) is 0 Å². The minimum Gasteiger partial charge on any atom is -0.465 e. The summed E-state index contributed by atoms with van der Waals surface area (Å²) in [6.07, 6.45) is -0.972. The Bertz CT molecular complexity index is 666. The summed E-state index contributed by atoms with van der Waals surface area (Å²) in [4.78, 5) is 12.5. The number of rotatable bonds is 1. The summed E-state index contributed by atoms with van der Waals surface area (Å²) < 4.78 is 30.8. The highest BCUT2D eigenvalue weighted by molar-refractivity contribution is 5.66. The molecule has 1 aromatic rings. The number of alkyl halides is 2. The molecule has 0 fully saturated rings. The molecule has 0 aliphatic carbocycles. The van der Waals surface area contributed by atoms with Crippen LogP contribution in [0.3, 0.4) is 0 Å². The van der Waals surface area contributed by atoms with Crippen molar-refractivity contribution < 1.29 is 23.8 Å². The molecule has 0 aromatic carbocycles. The fourth-order valence-electron chi connectivity index (χ4n) is 3.74. The van der Waals surface area contributed by atoms with Gasteiger partial charge < -0.3 is 15.1 Å². The number of carboxylic acid groups (broad SMARTS) is 1. The van der Waals surface area contributed by atoms with Crippen LogP contribution in [0.5, 0.6) is 0 Å². The molecule has 2 N–H and O–H groups in total. The number of aliphatic hydroxyl groups is 1. The van der Waals surface area contributed by atoms with Gasteiger partial charge in [-0.25, -0.2) is 4.79 Å². The van der Waals surface area contributed by atoms with Crippen molar-refractivity contribution in [3.05, 3.63) is 17.0 Å². The predicted molar refractivity (Wildman–Crippen MR) is 81.9 cm³/mol. The van der Waals surface area contributed by atoms with Crippen LogP contribution in [0.15, 0.2) is 0 Å². The molecule has 3 rings (SSSR count). The second kappa shape index (κ2) is 5.40. The molecule has 134 valence electrons. The Morgan fingerprint density at radius 3 is 2.67 bits per heavy atom. The number of fused-ring (bicyclic) bond motifs is 3. The smallest absolute Gasteiger partial charge is 0.407 e. The first-order chi connectivity index (χ1) is 11.0. The lowest BCUT2D eigenvalue weighted by Crippen LogP contribution is -2.42. The molecule has 0 bridgehead atoms. The van der Waals surface area contributed by atoms with Gasteiger partial charge in [-0.2, -0.15) is 13.9 Å². The Balaban J connectivity index is 2.06. The van der Waals surface area contributed by atoms with E-state index in [1.165, 1.54) is 9.58 Å². The summed E-state index contributed by atoms with van der Waals surface area (Å²) >= 11 is 0. The molecule has 0 saturated heterocycles. The maximum absolute atomic E-state index is 14.8. The van der Waals surface area contributed by atoms with E-state index in [0.29, 0.717) is 17.7 Å². The van der Waals surface area contributed by atoms with Gasteiger partial charge in [0.15, 0.2) is 0 Å². The Hall–Kier alpha value is -1.70. The quantitative estimate of drug-likeness (QED) is 0.821. The lowest BCUT2D eigenvalue weighted by molar-refractivity contribution is -0.0337. The second-order valence-corrected chi connectivity index (χ2v) is 7.51. The van der Waals surface area contributed by atoms with Crippen LogP contribution in [-0.4, -0.2) is 42.6 Å². The second-order valence-electron chi connectivity index (χ2n) is 7.51. The maximum atomic E-state index is 14.8. The van der Waals surface area contributed by atoms with Gasteiger partial charge in [-0.15, -0.1) is 0 Å². The molecule has 1 aromatic heterocycles. The van der Waals surface area contributed by atoms with E-state index in [0.717, 1.165) is 0 Å². The molecule has 8 heteroatoms. The van der Waals surface area contributed by atoms with Gasteiger partial charge in [0.1, 0.15) is 5.69 Å². The van der Waals surface area contributed by atoms with Gasteiger partial charge in [-0.3, -0.25) is 4.68 Å². The first-order valence-corrected chi connectivity index (χ1v) is 8.19. The number of hydrogen-bond acceptors (Lipinski definition) is 3. The first kappa shape index (κ1) is 17.1. The van der Waals surface area contributed by atoms with Gasteiger partial charge in [0.2, 0.25) is 0 Å². The Morgan fingerprint density at radius 1 is 1.42 bits per heavy atom. The molecule has 2 aliphatic heterocycles. The number of carbonyl (C=O) groups is 1. The minimum absolute atomic E-state index is 0.0655. The molecule has 0 spiro atoms. The van der Waals surface area contributed by atoms with Gasteiger partial charge in [0.25, 0.3) is 5.92 Å². The van der Waals surface area contributed by atoms with Crippen LogP contribution in [0.25, 0.3) is 0 Å². The van der Waals surface area contributed by atoms with Crippen LogP contribution >= 0.6 is 0 Å². The van der Waals surface area contributed by atoms with Crippen LogP contribution in [-0.2, 0) is 25.4 Å². The van der Waals surface area contributed by atoms with E-state index in [9.17, 15) is 23.8 Å². The normalized spacial score (nSPS) is 26.5. The molecule has 0 radical (unpaired) electrons. The van der Waals surface area contributed by atoms with Crippen molar-refractivity contribution in [3.8, 4) is 0 Å². The van der Waals surface area contributed by atoms with Crippen molar-refractivity contribution in [3.63, 3.8) is 0 Å². The lowest BCUT2D eigenvalue weighted by atomic mass is 9.86. The molecule has 1 unspecified atom stereocenters.